The van der Waals surface area contributed by atoms with Crippen LogP contribution < -0.4 is 11.3 Å². The minimum absolute atomic E-state index is 0.148. The Balaban J connectivity index is 2.45. The molecule has 1 aromatic carbocycles. The largest absolute Gasteiger partial charge is 0.303 e. The summed E-state index contributed by atoms with van der Waals surface area (Å²) < 4.78 is 0. The van der Waals surface area contributed by atoms with E-state index in [0.29, 0.717) is 6.42 Å². The Bertz CT molecular complexity index is 408. The van der Waals surface area contributed by atoms with Crippen molar-refractivity contribution in [3.05, 3.63) is 35.4 Å². The molecule has 1 aromatic rings. The summed E-state index contributed by atoms with van der Waals surface area (Å²) in [5.41, 5.74) is 4.47. The van der Waals surface area contributed by atoms with Crippen LogP contribution in [0, 0.1) is 0 Å². The van der Waals surface area contributed by atoms with Gasteiger partial charge >= 0.3 is 0 Å². The van der Waals surface area contributed by atoms with Gasteiger partial charge in [0.25, 0.3) is 0 Å². The highest BCUT2D eigenvalue weighted by atomic mass is 32.2. The minimum Gasteiger partial charge on any atom is -0.303 e. The Hall–Kier alpha value is -1.04. The summed E-state index contributed by atoms with van der Waals surface area (Å²) in [6, 6.07) is 8.06. The van der Waals surface area contributed by atoms with E-state index in [1.54, 1.807) is 0 Å². The molecule has 0 heterocycles. The third kappa shape index (κ3) is 5.94. The van der Waals surface area contributed by atoms with Crippen LogP contribution in [0.1, 0.15) is 25.0 Å². The van der Waals surface area contributed by atoms with Crippen LogP contribution in [-0.4, -0.2) is 36.2 Å². The van der Waals surface area contributed by atoms with Crippen LogP contribution in [0.4, 0.5) is 0 Å². The average Bonchev–Trinajstić information content (AvgIpc) is 2.48. The Morgan fingerprint density at radius 3 is 2.50 bits per heavy atom. The number of hydrogen-bond acceptors (Lipinski definition) is 4. The third-order valence-corrected chi connectivity index (χ3v) is 4.32. The van der Waals surface area contributed by atoms with Crippen molar-refractivity contribution in [3.63, 3.8) is 0 Å². The second kappa shape index (κ2) is 9.80. The van der Waals surface area contributed by atoms with E-state index in [9.17, 15) is 4.79 Å². The van der Waals surface area contributed by atoms with Crippen molar-refractivity contribution in [2.45, 2.75) is 26.0 Å². The van der Waals surface area contributed by atoms with Crippen molar-refractivity contribution in [3.8, 4) is 0 Å². The molecule has 0 aliphatic heterocycles. The smallest absolute Gasteiger partial charge is 0.238 e. The van der Waals surface area contributed by atoms with Crippen molar-refractivity contribution < 1.29 is 4.79 Å². The van der Waals surface area contributed by atoms with E-state index < -0.39 is 0 Å². The first-order valence-electron chi connectivity index (χ1n) is 7.07. The van der Waals surface area contributed by atoms with Gasteiger partial charge in [-0.1, -0.05) is 38.1 Å². The molecular weight excluding hydrogens is 270 g/mol. The fraction of sp³-hybridized carbons (Fsp3) is 0.533. The maximum absolute atomic E-state index is 11.4. The molecule has 20 heavy (non-hydrogen) atoms. The molecule has 3 N–H and O–H groups in total. The van der Waals surface area contributed by atoms with Gasteiger partial charge in [-0.25, -0.2) is 5.84 Å². The summed E-state index contributed by atoms with van der Waals surface area (Å²) in [6.45, 7) is 7.70. The zero-order valence-electron chi connectivity index (χ0n) is 12.4. The molecule has 0 radical (unpaired) electrons. The fourth-order valence-corrected chi connectivity index (χ4v) is 3.04. The maximum atomic E-state index is 11.4. The predicted molar refractivity (Wildman–Crippen MR) is 86.4 cm³/mol. The average molecular weight is 295 g/mol. The molecule has 0 unspecified atom stereocenters. The van der Waals surface area contributed by atoms with Crippen molar-refractivity contribution in [2.75, 3.05) is 25.4 Å². The van der Waals surface area contributed by atoms with Crippen LogP contribution in [0.15, 0.2) is 24.3 Å². The summed E-state index contributed by atoms with van der Waals surface area (Å²) in [5, 5.41) is 0. The van der Waals surface area contributed by atoms with Crippen molar-refractivity contribution in [1.29, 1.82) is 0 Å². The molecule has 0 saturated carbocycles. The highest BCUT2D eigenvalue weighted by Crippen LogP contribution is 2.17. The monoisotopic (exact) mass is 295 g/mol. The molecule has 0 bridgehead atoms. The Kier molecular flexibility index (Phi) is 8.34. The van der Waals surface area contributed by atoms with Gasteiger partial charge < -0.3 is 4.90 Å². The maximum Gasteiger partial charge on any atom is 0.238 e. The quantitative estimate of drug-likeness (QED) is 0.316. The van der Waals surface area contributed by atoms with Crippen LogP contribution in [-0.2, 0) is 17.0 Å². The number of nitrogens with zero attached hydrogens (tertiary/aromatic N) is 1. The van der Waals surface area contributed by atoms with Gasteiger partial charge in [0.2, 0.25) is 5.91 Å². The molecule has 0 aliphatic carbocycles. The highest BCUT2D eigenvalue weighted by molar-refractivity contribution is 7.98. The molecule has 5 heteroatoms. The summed E-state index contributed by atoms with van der Waals surface area (Å²) in [5.74, 6) is 7.05. The first-order valence-corrected chi connectivity index (χ1v) is 8.23. The van der Waals surface area contributed by atoms with Crippen LogP contribution in [0.3, 0.4) is 0 Å². The summed E-state index contributed by atoms with van der Waals surface area (Å²) in [7, 11) is 0. The number of nitrogens with one attached hydrogen (secondary N) is 1. The number of rotatable bonds is 9. The lowest BCUT2D eigenvalue weighted by atomic mass is 10.1. The zero-order chi connectivity index (χ0) is 14.8. The zero-order valence-corrected chi connectivity index (χ0v) is 13.2. The number of nitrogens with two attached hydrogens (primary N) is 1. The lowest BCUT2D eigenvalue weighted by Gasteiger charge is -2.17. The van der Waals surface area contributed by atoms with Gasteiger partial charge in [-0.3, -0.25) is 10.2 Å². The van der Waals surface area contributed by atoms with Gasteiger partial charge in [-0.05, 0) is 24.2 Å². The SMILES string of the molecule is CCN(CC)CCSCc1ccccc1CC(=O)NN. The number of carbonyl (C=O) groups is 1. The number of hydrogen-bond donors (Lipinski definition) is 2. The number of thioether (sulfide) groups is 1. The first-order chi connectivity index (χ1) is 9.71. The fourth-order valence-electron chi connectivity index (χ4n) is 2.01. The van der Waals surface area contributed by atoms with Crippen LogP contribution in [0.25, 0.3) is 0 Å². The van der Waals surface area contributed by atoms with E-state index in [2.05, 4.69) is 30.2 Å². The summed E-state index contributed by atoms with van der Waals surface area (Å²) >= 11 is 1.91. The summed E-state index contributed by atoms with van der Waals surface area (Å²) in [6.07, 6.45) is 0.350. The van der Waals surface area contributed by atoms with Crippen LogP contribution in [0.2, 0.25) is 0 Å². The lowest BCUT2D eigenvalue weighted by Crippen LogP contribution is -2.31. The molecular formula is C15H25N3OS. The molecule has 112 valence electrons. The van der Waals surface area contributed by atoms with Crippen molar-refractivity contribution in [2.24, 2.45) is 5.84 Å². The molecule has 0 atom stereocenters. The van der Waals surface area contributed by atoms with Gasteiger partial charge in [0.05, 0.1) is 6.42 Å². The highest BCUT2D eigenvalue weighted by Gasteiger charge is 2.07. The number of hydrazine groups is 1. The molecule has 0 saturated heterocycles. The van der Waals surface area contributed by atoms with Crippen LogP contribution >= 0.6 is 11.8 Å². The Morgan fingerprint density at radius 2 is 1.90 bits per heavy atom. The van der Waals surface area contributed by atoms with Gasteiger partial charge in [-0.15, -0.1) is 0 Å². The second-order valence-corrected chi connectivity index (χ2v) is 5.70. The van der Waals surface area contributed by atoms with Crippen molar-refractivity contribution >= 4 is 17.7 Å². The third-order valence-electron chi connectivity index (χ3n) is 3.33. The molecule has 1 rings (SSSR count). The van der Waals surface area contributed by atoms with E-state index in [1.807, 2.05) is 30.0 Å². The van der Waals surface area contributed by atoms with E-state index in [1.165, 1.54) is 5.56 Å². The second-order valence-electron chi connectivity index (χ2n) is 4.59. The predicted octanol–water partition coefficient (Wildman–Crippen LogP) is 1.79. The molecule has 0 aromatic heterocycles. The van der Waals surface area contributed by atoms with E-state index >= 15 is 0 Å². The van der Waals surface area contributed by atoms with Gasteiger partial charge in [0.15, 0.2) is 0 Å². The van der Waals surface area contributed by atoms with Gasteiger partial charge in [0.1, 0.15) is 0 Å². The number of amides is 1. The standard InChI is InChI=1S/C15H25N3OS/c1-3-18(4-2)9-10-20-12-14-8-6-5-7-13(14)11-15(19)17-16/h5-8H,3-4,9-12,16H2,1-2H3,(H,17,19). The van der Waals surface area contributed by atoms with E-state index in [-0.39, 0.29) is 5.91 Å². The van der Waals surface area contributed by atoms with Gasteiger partial charge in [0, 0.05) is 18.1 Å². The lowest BCUT2D eigenvalue weighted by molar-refractivity contribution is -0.120. The summed E-state index contributed by atoms with van der Waals surface area (Å²) in [4.78, 5) is 13.8. The van der Waals surface area contributed by atoms with E-state index in [0.717, 1.165) is 36.7 Å². The molecule has 1 amide bonds. The number of benzene rings is 1. The normalized spacial score (nSPS) is 10.8. The van der Waals surface area contributed by atoms with Crippen molar-refractivity contribution in [1.82, 2.24) is 10.3 Å². The first kappa shape index (κ1) is 17.0. The van der Waals surface area contributed by atoms with Crippen LogP contribution in [0.5, 0.6) is 0 Å². The number of carbonyl (C=O) groups excluding carboxylic acids is 1. The topological polar surface area (TPSA) is 58.4 Å². The molecule has 0 spiro atoms. The minimum atomic E-state index is -0.148. The Labute approximate surface area is 126 Å². The van der Waals surface area contributed by atoms with Gasteiger partial charge in [-0.2, -0.15) is 11.8 Å². The molecule has 0 aliphatic rings. The molecule has 0 fully saturated rings. The van der Waals surface area contributed by atoms with E-state index in [4.69, 9.17) is 5.84 Å². The Morgan fingerprint density at radius 1 is 1.25 bits per heavy atom. The molecule has 4 nitrogen and oxygen atoms in total.